The molecular formula is C22H28O. The first-order chi connectivity index (χ1) is 11.3. The van der Waals surface area contributed by atoms with Crippen LogP contribution in [0, 0.1) is 6.92 Å². The second kappa shape index (κ2) is 8.31. The molecular weight excluding hydrogens is 280 g/mol. The molecule has 1 heteroatoms. The van der Waals surface area contributed by atoms with Crippen molar-refractivity contribution in [2.24, 2.45) is 0 Å². The van der Waals surface area contributed by atoms with Crippen molar-refractivity contribution >= 4 is 0 Å². The van der Waals surface area contributed by atoms with E-state index in [1.807, 2.05) is 0 Å². The summed E-state index contributed by atoms with van der Waals surface area (Å²) in [7, 11) is 0. The molecule has 1 aliphatic carbocycles. The minimum Gasteiger partial charge on any atom is -0.374 e. The van der Waals surface area contributed by atoms with Crippen LogP contribution in [0.5, 0.6) is 0 Å². The molecule has 0 radical (unpaired) electrons. The summed E-state index contributed by atoms with van der Waals surface area (Å²) in [5, 5.41) is 0. The van der Waals surface area contributed by atoms with Crippen molar-refractivity contribution in [2.75, 3.05) is 0 Å². The molecule has 1 fully saturated rings. The van der Waals surface area contributed by atoms with Gasteiger partial charge in [-0.15, -0.1) is 0 Å². The summed E-state index contributed by atoms with van der Waals surface area (Å²) in [4.78, 5) is 0. The zero-order chi connectivity index (χ0) is 15.9. The van der Waals surface area contributed by atoms with Gasteiger partial charge in [0.05, 0.1) is 12.7 Å². The summed E-state index contributed by atoms with van der Waals surface area (Å²) in [6, 6.07) is 17.2. The quantitative estimate of drug-likeness (QED) is 0.644. The zero-order valence-corrected chi connectivity index (χ0v) is 14.3. The molecule has 1 nitrogen and oxygen atoms in total. The molecule has 0 aliphatic heterocycles. The first kappa shape index (κ1) is 16.3. The number of hydrogen-bond acceptors (Lipinski definition) is 1. The van der Waals surface area contributed by atoms with Gasteiger partial charge in [-0.1, -0.05) is 80.6 Å². The third-order valence-electron chi connectivity index (χ3n) is 5.06. The molecule has 0 aromatic heterocycles. The Morgan fingerprint density at radius 1 is 0.826 bits per heavy atom. The average molecular weight is 308 g/mol. The first-order valence-corrected chi connectivity index (χ1v) is 9.10. The molecule has 0 spiro atoms. The molecule has 0 saturated heterocycles. The third-order valence-corrected chi connectivity index (χ3v) is 5.06. The van der Waals surface area contributed by atoms with Gasteiger partial charge in [0.25, 0.3) is 0 Å². The van der Waals surface area contributed by atoms with E-state index in [4.69, 9.17) is 4.74 Å². The maximum absolute atomic E-state index is 6.28. The van der Waals surface area contributed by atoms with Crippen LogP contribution in [-0.2, 0) is 11.3 Å². The van der Waals surface area contributed by atoms with Gasteiger partial charge in [0.15, 0.2) is 0 Å². The van der Waals surface area contributed by atoms with E-state index >= 15 is 0 Å². The Bertz CT molecular complexity index is 595. The molecule has 0 bridgehead atoms. The van der Waals surface area contributed by atoms with E-state index in [9.17, 15) is 0 Å². The highest BCUT2D eigenvalue weighted by Crippen LogP contribution is 2.27. The fourth-order valence-electron chi connectivity index (χ4n) is 3.56. The van der Waals surface area contributed by atoms with Gasteiger partial charge in [-0.2, -0.15) is 0 Å². The van der Waals surface area contributed by atoms with Gasteiger partial charge in [0, 0.05) is 0 Å². The molecule has 1 aliphatic rings. The predicted octanol–water partition coefficient (Wildman–Crippen LogP) is 6.29. The van der Waals surface area contributed by atoms with E-state index in [1.165, 1.54) is 67.2 Å². The molecule has 0 amide bonds. The Morgan fingerprint density at radius 2 is 1.52 bits per heavy atom. The average Bonchev–Trinajstić information content (AvgIpc) is 2.56. The van der Waals surface area contributed by atoms with Crippen molar-refractivity contribution in [3.05, 3.63) is 59.7 Å². The molecule has 23 heavy (non-hydrogen) atoms. The van der Waals surface area contributed by atoms with Gasteiger partial charge < -0.3 is 4.74 Å². The number of benzene rings is 2. The Labute approximate surface area is 140 Å². The molecule has 2 aromatic rings. The van der Waals surface area contributed by atoms with Gasteiger partial charge in [-0.05, 0) is 42.0 Å². The fourth-order valence-corrected chi connectivity index (χ4v) is 3.56. The van der Waals surface area contributed by atoms with E-state index in [0.717, 1.165) is 6.61 Å². The van der Waals surface area contributed by atoms with Crippen LogP contribution < -0.4 is 0 Å². The maximum Gasteiger partial charge on any atom is 0.0723 e. The van der Waals surface area contributed by atoms with Crippen LogP contribution in [0.1, 0.15) is 56.1 Å². The number of rotatable bonds is 4. The highest BCUT2D eigenvalue weighted by atomic mass is 16.5. The summed E-state index contributed by atoms with van der Waals surface area (Å²) in [5.41, 5.74) is 5.29. The lowest BCUT2D eigenvalue weighted by atomic mass is 9.96. The summed E-state index contributed by atoms with van der Waals surface area (Å²) in [6.45, 7) is 2.97. The van der Waals surface area contributed by atoms with Crippen molar-refractivity contribution < 1.29 is 4.74 Å². The number of ether oxygens (including phenoxy) is 1. The predicted molar refractivity (Wildman–Crippen MR) is 97.5 cm³/mol. The van der Waals surface area contributed by atoms with Crippen LogP contribution >= 0.6 is 0 Å². The molecule has 0 N–H and O–H groups in total. The highest BCUT2D eigenvalue weighted by Gasteiger charge is 2.13. The maximum atomic E-state index is 6.28. The smallest absolute Gasteiger partial charge is 0.0723 e. The molecule has 2 aromatic carbocycles. The van der Waals surface area contributed by atoms with Crippen LogP contribution in [0.2, 0.25) is 0 Å². The van der Waals surface area contributed by atoms with Crippen LogP contribution in [0.25, 0.3) is 11.1 Å². The Hall–Kier alpha value is -1.60. The second-order valence-corrected chi connectivity index (χ2v) is 6.73. The molecule has 122 valence electrons. The third kappa shape index (κ3) is 4.45. The minimum atomic E-state index is 0.454. The lowest BCUT2D eigenvalue weighted by molar-refractivity contribution is 0.0234. The Kier molecular flexibility index (Phi) is 5.87. The van der Waals surface area contributed by atoms with Crippen molar-refractivity contribution in [1.29, 1.82) is 0 Å². The van der Waals surface area contributed by atoms with Crippen LogP contribution in [0.4, 0.5) is 0 Å². The standard InChI is InChI=1S/C22H28O/c1-18-20(17-23-21-14-8-3-2-4-9-15-21)13-10-16-22(18)19-11-6-5-7-12-19/h5-7,10-13,16,21H,2-4,8-9,14-15,17H2,1H3. The van der Waals surface area contributed by atoms with E-state index in [1.54, 1.807) is 0 Å². The number of hydrogen-bond donors (Lipinski definition) is 0. The lowest BCUT2D eigenvalue weighted by Crippen LogP contribution is -2.14. The van der Waals surface area contributed by atoms with E-state index in [0.29, 0.717) is 6.10 Å². The molecule has 1 saturated carbocycles. The van der Waals surface area contributed by atoms with Crippen LogP contribution in [0.15, 0.2) is 48.5 Å². The Morgan fingerprint density at radius 3 is 2.26 bits per heavy atom. The zero-order valence-electron chi connectivity index (χ0n) is 14.3. The summed E-state index contributed by atoms with van der Waals surface area (Å²) < 4.78 is 6.28. The van der Waals surface area contributed by atoms with Gasteiger partial charge in [-0.3, -0.25) is 0 Å². The van der Waals surface area contributed by atoms with Crippen molar-refractivity contribution in [1.82, 2.24) is 0 Å². The minimum absolute atomic E-state index is 0.454. The fraction of sp³-hybridized carbons (Fsp3) is 0.455. The SMILES string of the molecule is Cc1c(COC2CCCCCCC2)cccc1-c1ccccc1. The summed E-state index contributed by atoms with van der Waals surface area (Å²) in [5.74, 6) is 0. The Balaban J connectivity index is 1.68. The largest absolute Gasteiger partial charge is 0.374 e. The lowest BCUT2D eigenvalue weighted by Gasteiger charge is -2.21. The topological polar surface area (TPSA) is 9.23 Å². The van der Waals surface area contributed by atoms with E-state index in [-0.39, 0.29) is 0 Å². The van der Waals surface area contributed by atoms with Crippen LogP contribution in [-0.4, -0.2) is 6.10 Å². The van der Waals surface area contributed by atoms with Gasteiger partial charge in [0.2, 0.25) is 0 Å². The van der Waals surface area contributed by atoms with E-state index < -0.39 is 0 Å². The molecule has 0 heterocycles. The molecule has 3 rings (SSSR count). The monoisotopic (exact) mass is 308 g/mol. The highest BCUT2D eigenvalue weighted by molar-refractivity contribution is 5.68. The molecule has 0 unspecified atom stereocenters. The van der Waals surface area contributed by atoms with Gasteiger partial charge >= 0.3 is 0 Å². The first-order valence-electron chi connectivity index (χ1n) is 9.10. The normalized spacial score (nSPS) is 16.7. The summed E-state index contributed by atoms with van der Waals surface area (Å²) >= 11 is 0. The molecule has 0 atom stereocenters. The van der Waals surface area contributed by atoms with Crippen molar-refractivity contribution in [2.45, 2.75) is 64.6 Å². The summed E-state index contributed by atoms with van der Waals surface area (Å²) in [6.07, 6.45) is 9.74. The van der Waals surface area contributed by atoms with Crippen LogP contribution in [0.3, 0.4) is 0 Å². The van der Waals surface area contributed by atoms with Crippen molar-refractivity contribution in [3.8, 4) is 11.1 Å². The van der Waals surface area contributed by atoms with Gasteiger partial charge in [-0.25, -0.2) is 0 Å². The van der Waals surface area contributed by atoms with Gasteiger partial charge in [0.1, 0.15) is 0 Å². The second-order valence-electron chi connectivity index (χ2n) is 6.73. The van der Waals surface area contributed by atoms with E-state index in [2.05, 4.69) is 55.5 Å². The van der Waals surface area contributed by atoms with Crippen molar-refractivity contribution in [3.63, 3.8) is 0 Å².